The number of alkyl halides is 3. The Morgan fingerprint density at radius 1 is 1.38 bits per heavy atom. The molecule has 0 radical (unpaired) electrons. The van der Waals surface area contributed by atoms with Crippen molar-refractivity contribution in [3.05, 3.63) is 16.8 Å². The summed E-state index contributed by atoms with van der Waals surface area (Å²) in [6.07, 6.45) is -3.06. The van der Waals surface area contributed by atoms with E-state index in [1.807, 2.05) is 6.92 Å². The van der Waals surface area contributed by atoms with Crippen molar-refractivity contribution in [1.82, 2.24) is 10.2 Å². The minimum Gasteiger partial charge on any atom is -0.476 e. The van der Waals surface area contributed by atoms with E-state index in [4.69, 9.17) is 16.3 Å². The van der Waals surface area contributed by atoms with E-state index in [9.17, 15) is 13.2 Å². The first-order chi connectivity index (χ1) is 7.45. The van der Waals surface area contributed by atoms with Gasteiger partial charge in [0.2, 0.25) is 5.88 Å². The van der Waals surface area contributed by atoms with Gasteiger partial charge in [0, 0.05) is 0 Å². The molecule has 16 heavy (non-hydrogen) atoms. The van der Waals surface area contributed by atoms with Gasteiger partial charge >= 0.3 is 6.18 Å². The molecule has 0 amide bonds. The molecule has 0 atom stereocenters. The van der Waals surface area contributed by atoms with Gasteiger partial charge < -0.3 is 4.74 Å². The lowest BCUT2D eigenvalue weighted by atomic mass is 10.3. The Morgan fingerprint density at radius 2 is 2.06 bits per heavy atom. The van der Waals surface area contributed by atoms with Gasteiger partial charge in [0.05, 0.1) is 6.61 Å². The third kappa shape index (κ3) is 3.52. The van der Waals surface area contributed by atoms with E-state index in [-0.39, 0.29) is 11.8 Å². The highest BCUT2D eigenvalue weighted by Gasteiger charge is 2.36. The van der Waals surface area contributed by atoms with Crippen LogP contribution in [0.5, 0.6) is 5.88 Å². The number of hydrogen-bond donors (Lipinski definition) is 0. The van der Waals surface area contributed by atoms with Crippen molar-refractivity contribution in [3.8, 4) is 5.88 Å². The van der Waals surface area contributed by atoms with Crippen molar-refractivity contribution in [1.29, 1.82) is 0 Å². The average Bonchev–Trinajstić information content (AvgIpc) is 2.19. The molecule has 0 unspecified atom stereocenters. The molecule has 1 rings (SSSR count). The highest BCUT2D eigenvalue weighted by atomic mass is 35.5. The monoisotopic (exact) mass is 254 g/mol. The van der Waals surface area contributed by atoms with Crippen molar-refractivity contribution in [2.24, 2.45) is 0 Å². The molecule has 0 bridgehead atoms. The Kier molecular flexibility index (Phi) is 4.35. The molecule has 1 heterocycles. The fraction of sp³-hybridized carbons (Fsp3) is 0.556. The van der Waals surface area contributed by atoms with Crippen molar-refractivity contribution in [2.45, 2.75) is 25.9 Å². The van der Waals surface area contributed by atoms with Crippen LogP contribution in [0.4, 0.5) is 13.2 Å². The van der Waals surface area contributed by atoms with Crippen molar-refractivity contribution in [3.63, 3.8) is 0 Å². The molecule has 0 aliphatic heterocycles. The lowest BCUT2D eigenvalue weighted by Crippen LogP contribution is -2.11. The van der Waals surface area contributed by atoms with Gasteiger partial charge in [0.15, 0.2) is 5.15 Å². The van der Waals surface area contributed by atoms with E-state index in [2.05, 4.69) is 10.2 Å². The van der Waals surface area contributed by atoms with Crippen molar-refractivity contribution in [2.75, 3.05) is 6.61 Å². The third-order valence-electron chi connectivity index (χ3n) is 1.77. The number of aromatic nitrogens is 2. The summed E-state index contributed by atoms with van der Waals surface area (Å²) in [5, 5.41) is 6.30. The van der Waals surface area contributed by atoms with E-state index < -0.39 is 17.6 Å². The molecule has 0 fully saturated rings. The topological polar surface area (TPSA) is 35.0 Å². The summed E-state index contributed by atoms with van der Waals surface area (Å²) in [6.45, 7) is 2.08. The van der Waals surface area contributed by atoms with Gasteiger partial charge in [0.25, 0.3) is 0 Å². The first kappa shape index (κ1) is 13.0. The Hall–Kier alpha value is -1.04. The van der Waals surface area contributed by atoms with Gasteiger partial charge in [-0.15, -0.1) is 10.2 Å². The van der Waals surface area contributed by atoms with Crippen LogP contribution in [-0.2, 0) is 6.18 Å². The summed E-state index contributed by atoms with van der Waals surface area (Å²) in [5.74, 6) is -0.523. The van der Waals surface area contributed by atoms with Crippen LogP contribution >= 0.6 is 11.6 Å². The minimum absolute atomic E-state index is 0.176. The zero-order valence-electron chi connectivity index (χ0n) is 8.51. The summed E-state index contributed by atoms with van der Waals surface area (Å²) in [6, 6.07) is 0.704. The molecule has 0 N–H and O–H groups in total. The Morgan fingerprint density at radius 3 is 2.62 bits per heavy atom. The molecule has 0 saturated heterocycles. The molecule has 0 spiro atoms. The molecule has 0 aromatic carbocycles. The van der Waals surface area contributed by atoms with Gasteiger partial charge in [0.1, 0.15) is 5.56 Å². The van der Waals surface area contributed by atoms with Gasteiger partial charge in [-0.25, -0.2) is 0 Å². The molecule has 1 aromatic heterocycles. The van der Waals surface area contributed by atoms with Gasteiger partial charge in [-0.3, -0.25) is 0 Å². The number of nitrogens with zero attached hydrogens (tertiary/aromatic N) is 2. The second-order valence-electron chi connectivity index (χ2n) is 3.09. The predicted molar refractivity (Wildman–Crippen MR) is 52.4 cm³/mol. The van der Waals surface area contributed by atoms with E-state index in [0.29, 0.717) is 12.5 Å². The fourth-order valence-electron chi connectivity index (χ4n) is 0.980. The van der Waals surface area contributed by atoms with E-state index in [1.165, 1.54) is 0 Å². The van der Waals surface area contributed by atoms with Crippen LogP contribution in [0.1, 0.15) is 25.3 Å². The maximum atomic E-state index is 12.5. The number of halogens is 4. The van der Waals surface area contributed by atoms with Gasteiger partial charge in [-0.2, -0.15) is 13.2 Å². The molecule has 0 aliphatic carbocycles. The quantitative estimate of drug-likeness (QED) is 0.773. The molecule has 3 nitrogen and oxygen atoms in total. The normalized spacial score (nSPS) is 11.6. The van der Waals surface area contributed by atoms with Crippen molar-refractivity contribution < 1.29 is 17.9 Å². The SMILES string of the molecule is CCCCOc1nnc(Cl)cc1C(F)(F)F. The maximum absolute atomic E-state index is 12.5. The first-order valence-corrected chi connectivity index (χ1v) is 5.06. The predicted octanol–water partition coefficient (Wildman–Crippen LogP) is 3.33. The Balaban J connectivity index is 2.90. The van der Waals surface area contributed by atoms with Crippen LogP contribution in [0.25, 0.3) is 0 Å². The van der Waals surface area contributed by atoms with Crippen LogP contribution in [0.15, 0.2) is 6.07 Å². The van der Waals surface area contributed by atoms with E-state index >= 15 is 0 Å². The molecule has 90 valence electrons. The number of rotatable bonds is 4. The maximum Gasteiger partial charge on any atom is 0.421 e. The first-order valence-electron chi connectivity index (χ1n) is 4.68. The lowest BCUT2D eigenvalue weighted by molar-refractivity contribution is -0.139. The average molecular weight is 255 g/mol. The second kappa shape index (κ2) is 5.34. The number of hydrogen-bond acceptors (Lipinski definition) is 3. The summed E-state index contributed by atoms with van der Waals surface area (Å²) in [5.41, 5.74) is -0.997. The summed E-state index contributed by atoms with van der Waals surface area (Å²) < 4.78 is 42.5. The summed E-state index contributed by atoms with van der Waals surface area (Å²) in [4.78, 5) is 0. The van der Waals surface area contributed by atoms with Gasteiger partial charge in [-0.05, 0) is 12.5 Å². The largest absolute Gasteiger partial charge is 0.476 e. The standard InChI is InChI=1S/C9H10ClF3N2O/c1-2-3-4-16-8-6(9(11,12)13)5-7(10)14-15-8/h5H,2-4H2,1H3. The van der Waals surface area contributed by atoms with Crippen LogP contribution in [0, 0.1) is 0 Å². The van der Waals surface area contributed by atoms with Crippen LogP contribution in [-0.4, -0.2) is 16.8 Å². The van der Waals surface area contributed by atoms with Crippen LogP contribution in [0.2, 0.25) is 5.15 Å². The van der Waals surface area contributed by atoms with Crippen LogP contribution < -0.4 is 4.74 Å². The highest BCUT2D eigenvalue weighted by Crippen LogP contribution is 2.35. The Labute approximate surface area is 95.6 Å². The van der Waals surface area contributed by atoms with Crippen molar-refractivity contribution >= 4 is 11.6 Å². The summed E-state index contributed by atoms with van der Waals surface area (Å²) in [7, 11) is 0. The number of ether oxygens (including phenoxy) is 1. The molecule has 7 heteroatoms. The smallest absolute Gasteiger partial charge is 0.421 e. The molecule has 1 aromatic rings. The molecular weight excluding hydrogens is 245 g/mol. The number of unbranched alkanes of at least 4 members (excludes halogenated alkanes) is 1. The Bertz CT molecular complexity index is 357. The zero-order valence-corrected chi connectivity index (χ0v) is 9.27. The molecule has 0 aliphatic rings. The summed E-state index contributed by atoms with van der Waals surface area (Å²) >= 11 is 5.36. The molecular formula is C9H10ClF3N2O. The highest BCUT2D eigenvalue weighted by molar-refractivity contribution is 6.29. The minimum atomic E-state index is -4.54. The molecule has 0 saturated carbocycles. The third-order valence-corrected chi connectivity index (χ3v) is 1.96. The van der Waals surface area contributed by atoms with Crippen LogP contribution in [0.3, 0.4) is 0 Å². The zero-order chi connectivity index (χ0) is 12.2. The lowest BCUT2D eigenvalue weighted by Gasteiger charge is -2.11. The van der Waals surface area contributed by atoms with Gasteiger partial charge in [-0.1, -0.05) is 24.9 Å². The second-order valence-corrected chi connectivity index (χ2v) is 3.47. The van der Waals surface area contributed by atoms with E-state index in [1.54, 1.807) is 0 Å². The van der Waals surface area contributed by atoms with E-state index in [0.717, 1.165) is 6.42 Å². The fourth-order valence-corrected chi connectivity index (χ4v) is 1.13.